The van der Waals surface area contributed by atoms with Gasteiger partial charge in [-0.25, -0.2) is 0 Å². The highest BCUT2D eigenvalue weighted by molar-refractivity contribution is 6.24. The van der Waals surface area contributed by atoms with Gasteiger partial charge < -0.3 is 9.64 Å². The van der Waals surface area contributed by atoms with E-state index in [0.717, 1.165) is 30.0 Å². The third kappa shape index (κ3) is 5.65. The van der Waals surface area contributed by atoms with Gasteiger partial charge in [0.1, 0.15) is 5.75 Å². The fourth-order valence-electron chi connectivity index (χ4n) is 5.07. The molecular weight excluding hydrogens is 456 g/mol. The SMILES string of the molecule is COc1ccccc1/C=C(/C(=O)N1CCN(C(c2ccccc2)c2ccccc2)CC1)c1ccccc1. The number of carbonyl (C=O) groups excluding carboxylic acids is 1. The van der Waals surface area contributed by atoms with Gasteiger partial charge in [0.2, 0.25) is 0 Å². The number of rotatable bonds is 7. The molecule has 37 heavy (non-hydrogen) atoms. The van der Waals surface area contributed by atoms with Gasteiger partial charge in [0.25, 0.3) is 5.91 Å². The first-order valence-electron chi connectivity index (χ1n) is 12.8. The second-order valence-electron chi connectivity index (χ2n) is 9.22. The van der Waals surface area contributed by atoms with Crippen LogP contribution in [0.4, 0.5) is 0 Å². The molecule has 1 heterocycles. The summed E-state index contributed by atoms with van der Waals surface area (Å²) in [5.74, 6) is 0.801. The maximum atomic E-state index is 13.9. The summed E-state index contributed by atoms with van der Waals surface area (Å²) < 4.78 is 5.56. The molecule has 1 aliphatic rings. The van der Waals surface area contributed by atoms with E-state index in [9.17, 15) is 4.79 Å². The van der Waals surface area contributed by atoms with Crippen molar-refractivity contribution in [2.24, 2.45) is 0 Å². The van der Waals surface area contributed by atoms with E-state index in [1.165, 1.54) is 11.1 Å². The number of amides is 1. The molecule has 4 aromatic carbocycles. The van der Waals surface area contributed by atoms with E-state index in [4.69, 9.17) is 4.74 Å². The van der Waals surface area contributed by atoms with Crippen molar-refractivity contribution in [3.05, 3.63) is 138 Å². The van der Waals surface area contributed by atoms with E-state index in [2.05, 4.69) is 65.6 Å². The first kappa shape index (κ1) is 24.5. The summed E-state index contributed by atoms with van der Waals surface area (Å²) in [6.45, 7) is 2.95. The lowest BCUT2D eigenvalue weighted by molar-refractivity contribution is -0.126. The van der Waals surface area contributed by atoms with Crippen molar-refractivity contribution in [1.82, 2.24) is 9.80 Å². The molecule has 0 spiro atoms. The van der Waals surface area contributed by atoms with Crippen molar-refractivity contribution in [1.29, 1.82) is 0 Å². The molecule has 0 aliphatic carbocycles. The van der Waals surface area contributed by atoms with E-state index in [1.807, 2.05) is 65.6 Å². The van der Waals surface area contributed by atoms with E-state index < -0.39 is 0 Å². The Hall–Kier alpha value is -4.15. The molecule has 0 aromatic heterocycles. The average molecular weight is 489 g/mol. The van der Waals surface area contributed by atoms with Gasteiger partial charge in [-0.05, 0) is 28.8 Å². The standard InChI is InChI=1S/C33H32N2O2/c1-37-31-20-12-11-19-29(31)25-30(26-13-5-2-6-14-26)33(36)35-23-21-34(22-24-35)32(27-15-7-3-8-16-27)28-17-9-4-10-18-28/h2-20,25,32H,21-24H2,1H3/b30-25+. The van der Waals surface area contributed by atoms with E-state index in [0.29, 0.717) is 18.7 Å². The van der Waals surface area contributed by atoms with Gasteiger partial charge in [0.15, 0.2) is 0 Å². The Morgan fingerprint density at radius 1 is 0.703 bits per heavy atom. The second-order valence-corrected chi connectivity index (χ2v) is 9.22. The molecule has 0 N–H and O–H groups in total. The number of hydrogen-bond donors (Lipinski definition) is 0. The van der Waals surface area contributed by atoms with Crippen molar-refractivity contribution < 1.29 is 9.53 Å². The summed E-state index contributed by atoms with van der Waals surface area (Å²) in [6.07, 6.45) is 1.96. The van der Waals surface area contributed by atoms with E-state index >= 15 is 0 Å². The van der Waals surface area contributed by atoms with Crippen LogP contribution in [0.3, 0.4) is 0 Å². The summed E-state index contributed by atoms with van der Waals surface area (Å²) in [4.78, 5) is 18.4. The zero-order chi connectivity index (χ0) is 25.5. The van der Waals surface area contributed by atoms with Crippen molar-refractivity contribution in [2.75, 3.05) is 33.3 Å². The van der Waals surface area contributed by atoms with Crippen molar-refractivity contribution in [3.63, 3.8) is 0 Å². The van der Waals surface area contributed by atoms with Crippen molar-refractivity contribution >= 4 is 17.6 Å². The molecule has 0 unspecified atom stereocenters. The zero-order valence-corrected chi connectivity index (χ0v) is 21.2. The molecule has 186 valence electrons. The minimum Gasteiger partial charge on any atom is -0.496 e. The van der Waals surface area contributed by atoms with Gasteiger partial charge in [0.05, 0.1) is 13.2 Å². The van der Waals surface area contributed by atoms with Crippen LogP contribution in [0.2, 0.25) is 0 Å². The number of carbonyl (C=O) groups is 1. The summed E-state index contributed by atoms with van der Waals surface area (Å²) in [5, 5.41) is 0. The number of piperazine rings is 1. The Labute approximate surface area is 219 Å². The van der Waals surface area contributed by atoms with Crippen LogP contribution in [0.5, 0.6) is 5.75 Å². The van der Waals surface area contributed by atoms with Crippen LogP contribution in [0.25, 0.3) is 11.6 Å². The number of benzene rings is 4. The van der Waals surface area contributed by atoms with Crippen LogP contribution < -0.4 is 4.74 Å². The Morgan fingerprint density at radius 2 is 1.22 bits per heavy atom. The van der Waals surface area contributed by atoms with Crippen LogP contribution in [0, 0.1) is 0 Å². The topological polar surface area (TPSA) is 32.8 Å². The Bertz CT molecular complexity index is 1290. The molecule has 0 saturated carbocycles. The Balaban J connectivity index is 1.40. The number of ether oxygens (including phenoxy) is 1. The van der Waals surface area contributed by atoms with Crippen molar-refractivity contribution in [2.45, 2.75) is 6.04 Å². The van der Waals surface area contributed by atoms with Crippen LogP contribution in [0.15, 0.2) is 115 Å². The molecule has 4 heteroatoms. The predicted molar refractivity (Wildman–Crippen MR) is 150 cm³/mol. The van der Waals surface area contributed by atoms with Gasteiger partial charge in [-0.3, -0.25) is 9.69 Å². The van der Waals surface area contributed by atoms with E-state index in [1.54, 1.807) is 7.11 Å². The number of para-hydroxylation sites is 1. The quantitative estimate of drug-likeness (QED) is 0.230. The molecule has 5 rings (SSSR count). The largest absolute Gasteiger partial charge is 0.496 e. The number of methoxy groups -OCH3 is 1. The third-order valence-electron chi connectivity index (χ3n) is 6.95. The highest BCUT2D eigenvalue weighted by Crippen LogP contribution is 2.31. The molecule has 1 fully saturated rings. The van der Waals surface area contributed by atoms with Gasteiger partial charge >= 0.3 is 0 Å². The zero-order valence-electron chi connectivity index (χ0n) is 21.2. The predicted octanol–water partition coefficient (Wildman–Crippen LogP) is 6.17. The van der Waals surface area contributed by atoms with Crippen LogP contribution in [-0.4, -0.2) is 49.0 Å². The molecule has 0 radical (unpaired) electrons. The van der Waals surface area contributed by atoms with Gasteiger partial charge in [0, 0.05) is 37.3 Å². The van der Waals surface area contributed by atoms with E-state index in [-0.39, 0.29) is 11.9 Å². The first-order valence-corrected chi connectivity index (χ1v) is 12.8. The maximum Gasteiger partial charge on any atom is 0.254 e. The van der Waals surface area contributed by atoms with Crippen LogP contribution >= 0.6 is 0 Å². The maximum absolute atomic E-state index is 13.9. The van der Waals surface area contributed by atoms with Crippen LogP contribution in [-0.2, 0) is 4.79 Å². The summed E-state index contributed by atoms with van der Waals surface area (Å²) in [5.41, 5.74) is 5.03. The van der Waals surface area contributed by atoms with Gasteiger partial charge in [-0.2, -0.15) is 0 Å². The normalized spacial score (nSPS) is 14.5. The monoisotopic (exact) mass is 488 g/mol. The smallest absolute Gasteiger partial charge is 0.254 e. The van der Waals surface area contributed by atoms with Gasteiger partial charge in [-0.1, -0.05) is 109 Å². The summed E-state index contributed by atoms with van der Waals surface area (Å²) in [6, 6.07) is 39.2. The molecule has 1 aliphatic heterocycles. The molecule has 4 aromatic rings. The van der Waals surface area contributed by atoms with Crippen LogP contribution in [0.1, 0.15) is 28.3 Å². The highest BCUT2D eigenvalue weighted by Gasteiger charge is 2.29. The highest BCUT2D eigenvalue weighted by atomic mass is 16.5. The molecule has 1 amide bonds. The lowest BCUT2D eigenvalue weighted by atomic mass is 9.96. The average Bonchev–Trinajstić information content (AvgIpc) is 2.98. The molecular formula is C33H32N2O2. The minimum absolute atomic E-state index is 0.0488. The number of nitrogens with zero attached hydrogens (tertiary/aromatic N) is 2. The molecule has 0 atom stereocenters. The first-order chi connectivity index (χ1) is 18.2. The number of hydrogen-bond acceptors (Lipinski definition) is 3. The second kappa shape index (κ2) is 11.7. The Kier molecular flexibility index (Phi) is 7.78. The molecule has 1 saturated heterocycles. The summed E-state index contributed by atoms with van der Waals surface area (Å²) in [7, 11) is 1.66. The summed E-state index contributed by atoms with van der Waals surface area (Å²) >= 11 is 0. The lowest BCUT2D eigenvalue weighted by Gasteiger charge is -2.40. The Morgan fingerprint density at radius 3 is 1.78 bits per heavy atom. The fraction of sp³-hybridized carbons (Fsp3) is 0.182. The third-order valence-corrected chi connectivity index (χ3v) is 6.95. The molecule has 4 nitrogen and oxygen atoms in total. The minimum atomic E-state index is 0.0488. The fourth-order valence-corrected chi connectivity index (χ4v) is 5.07. The molecule has 0 bridgehead atoms. The van der Waals surface area contributed by atoms with Gasteiger partial charge in [-0.15, -0.1) is 0 Å². The van der Waals surface area contributed by atoms with Crippen molar-refractivity contribution in [3.8, 4) is 5.75 Å². The lowest BCUT2D eigenvalue weighted by Crippen LogP contribution is -2.50.